The van der Waals surface area contributed by atoms with Crippen molar-refractivity contribution in [3.63, 3.8) is 0 Å². The van der Waals surface area contributed by atoms with E-state index in [0.29, 0.717) is 0 Å². The Morgan fingerprint density at radius 2 is 1.24 bits per heavy atom. The van der Waals surface area contributed by atoms with Crippen molar-refractivity contribution >= 4 is 31.2 Å². The molecule has 0 heterocycles. The molecule has 0 spiro atoms. The number of hydrogen-bond acceptors (Lipinski definition) is 4. The third-order valence-corrected chi connectivity index (χ3v) is 10.6. The molecule has 0 unspecified atom stereocenters. The second kappa shape index (κ2) is 5.79. The Morgan fingerprint density at radius 3 is 1.47 bits per heavy atom. The molecule has 0 fully saturated rings. The number of esters is 1. The largest absolute Gasteiger partial charge is 0.464 e. The summed E-state index contributed by atoms with van der Waals surface area (Å²) in [5.41, 5.74) is 0. The smallest absolute Gasteiger partial charge is 0.353 e. The molecule has 0 rings (SSSR count). The van der Waals surface area contributed by atoms with Gasteiger partial charge in [-0.2, -0.15) is 0 Å². The van der Waals surface area contributed by atoms with Crippen molar-refractivity contribution in [3.8, 4) is 0 Å². The summed E-state index contributed by atoms with van der Waals surface area (Å²) in [6, 6.07) is 0. The molecule has 102 valence electrons. The van der Waals surface area contributed by atoms with Crippen LogP contribution in [0.3, 0.4) is 0 Å². The maximum atomic E-state index is 10.9. The van der Waals surface area contributed by atoms with Gasteiger partial charge in [0.25, 0.3) is 0 Å². The van der Waals surface area contributed by atoms with Gasteiger partial charge >= 0.3 is 14.5 Å². The van der Waals surface area contributed by atoms with Crippen LogP contribution in [-0.2, 0) is 17.8 Å². The normalized spacial score (nSPS) is 13.6. The SMILES string of the molecule is CC(=O)OC[Si](C)(O[Si](C)(C)C)O[Si](C)(C)C. The van der Waals surface area contributed by atoms with Gasteiger partial charge in [-0.05, 0) is 45.8 Å². The van der Waals surface area contributed by atoms with E-state index in [4.69, 9.17) is 13.0 Å². The van der Waals surface area contributed by atoms with Crippen LogP contribution in [0.1, 0.15) is 6.92 Å². The Kier molecular flexibility index (Phi) is 5.80. The average Bonchev–Trinajstić information content (AvgIpc) is 1.93. The molecule has 0 aliphatic heterocycles. The first-order chi connectivity index (χ1) is 7.33. The van der Waals surface area contributed by atoms with Gasteiger partial charge in [0.2, 0.25) is 0 Å². The van der Waals surface area contributed by atoms with E-state index in [-0.39, 0.29) is 12.2 Å². The van der Waals surface area contributed by atoms with Crippen LogP contribution < -0.4 is 0 Å². The van der Waals surface area contributed by atoms with Gasteiger partial charge in [0.1, 0.15) is 6.23 Å². The highest BCUT2D eigenvalue weighted by Gasteiger charge is 2.41. The van der Waals surface area contributed by atoms with Crippen LogP contribution in [0.4, 0.5) is 0 Å². The monoisotopic (exact) mass is 294 g/mol. The summed E-state index contributed by atoms with van der Waals surface area (Å²) in [5, 5.41) is 0. The predicted octanol–water partition coefficient (Wildman–Crippen LogP) is 2.86. The Morgan fingerprint density at radius 1 is 0.882 bits per heavy atom. The Labute approximate surface area is 108 Å². The minimum Gasteiger partial charge on any atom is -0.464 e. The van der Waals surface area contributed by atoms with Crippen molar-refractivity contribution in [2.24, 2.45) is 0 Å². The van der Waals surface area contributed by atoms with E-state index in [1.807, 2.05) is 6.55 Å². The predicted molar refractivity (Wildman–Crippen MR) is 77.1 cm³/mol. The summed E-state index contributed by atoms with van der Waals surface area (Å²) in [6.45, 7) is 16.2. The third kappa shape index (κ3) is 9.72. The molecule has 4 nitrogen and oxygen atoms in total. The maximum Gasteiger partial charge on any atom is 0.353 e. The van der Waals surface area contributed by atoms with Gasteiger partial charge in [-0.3, -0.25) is 4.79 Å². The van der Waals surface area contributed by atoms with E-state index in [9.17, 15) is 4.79 Å². The maximum absolute atomic E-state index is 10.9. The molecule has 0 radical (unpaired) electrons. The molecule has 0 bridgehead atoms. The van der Waals surface area contributed by atoms with Gasteiger partial charge in [-0.25, -0.2) is 0 Å². The standard InChI is InChI=1S/C10H26O4Si3/c1-10(11)12-9-17(8,13-15(2,3)4)14-16(5,6)7/h9H2,1-8H3. The number of rotatable bonds is 6. The van der Waals surface area contributed by atoms with E-state index >= 15 is 0 Å². The molecule has 0 atom stereocenters. The molecule has 0 N–H and O–H groups in total. The first-order valence-electron chi connectivity index (χ1n) is 5.87. The van der Waals surface area contributed by atoms with Crippen molar-refractivity contribution in [1.29, 1.82) is 0 Å². The Balaban J connectivity index is 4.74. The molecule has 0 saturated carbocycles. The summed E-state index contributed by atoms with van der Waals surface area (Å²) in [4.78, 5) is 10.9. The fourth-order valence-corrected chi connectivity index (χ4v) is 13.4. The molecular formula is C10H26O4Si3. The molecule has 0 amide bonds. The van der Waals surface area contributed by atoms with Gasteiger partial charge in [-0.1, -0.05) is 0 Å². The Hall–Kier alpha value is 0.0406. The van der Waals surface area contributed by atoms with Crippen molar-refractivity contribution in [2.45, 2.75) is 52.8 Å². The summed E-state index contributed by atoms with van der Waals surface area (Å²) in [6.07, 6.45) is 0.289. The average molecular weight is 295 g/mol. The minimum atomic E-state index is -2.40. The van der Waals surface area contributed by atoms with Crippen molar-refractivity contribution in [3.05, 3.63) is 0 Å². The minimum absolute atomic E-state index is 0.276. The number of ether oxygens (including phenoxy) is 1. The van der Waals surface area contributed by atoms with Crippen LogP contribution in [0.25, 0.3) is 0 Å². The highest BCUT2D eigenvalue weighted by atomic mass is 28.5. The summed E-state index contributed by atoms with van der Waals surface area (Å²) < 4.78 is 17.4. The summed E-state index contributed by atoms with van der Waals surface area (Å²) >= 11 is 0. The van der Waals surface area contributed by atoms with Crippen LogP contribution in [-0.4, -0.2) is 37.4 Å². The van der Waals surface area contributed by atoms with E-state index in [1.165, 1.54) is 6.92 Å². The van der Waals surface area contributed by atoms with E-state index in [1.54, 1.807) is 0 Å². The molecule has 0 aliphatic carbocycles. The van der Waals surface area contributed by atoms with E-state index < -0.39 is 25.2 Å². The lowest BCUT2D eigenvalue weighted by atomic mass is 10.8. The molecule has 0 aromatic rings. The van der Waals surface area contributed by atoms with Crippen molar-refractivity contribution in [1.82, 2.24) is 0 Å². The first-order valence-corrected chi connectivity index (χ1v) is 15.2. The molecular weight excluding hydrogens is 268 g/mol. The first kappa shape index (κ1) is 17.0. The van der Waals surface area contributed by atoms with Gasteiger partial charge in [-0.15, -0.1) is 0 Å². The molecule has 0 saturated heterocycles. The zero-order valence-corrected chi connectivity index (χ0v) is 15.3. The van der Waals surface area contributed by atoms with Gasteiger partial charge in [0, 0.05) is 6.92 Å². The van der Waals surface area contributed by atoms with E-state index in [2.05, 4.69) is 39.3 Å². The fourth-order valence-electron chi connectivity index (χ4n) is 1.61. The second-order valence-electron chi connectivity index (χ2n) is 6.34. The van der Waals surface area contributed by atoms with Crippen molar-refractivity contribution in [2.75, 3.05) is 6.23 Å². The lowest BCUT2D eigenvalue weighted by Crippen LogP contribution is -2.56. The number of carbonyl (C=O) groups is 1. The number of carbonyl (C=O) groups excluding carboxylic acids is 1. The molecule has 7 heteroatoms. The van der Waals surface area contributed by atoms with Crippen LogP contribution in [0.2, 0.25) is 45.8 Å². The van der Waals surface area contributed by atoms with Crippen LogP contribution in [0.5, 0.6) is 0 Å². The van der Waals surface area contributed by atoms with Crippen LogP contribution >= 0.6 is 0 Å². The molecule has 17 heavy (non-hydrogen) atoms. The lowest BCUT2D eigenvalue weighted by molar-refractivity contribution is -0.139. The van der Waals surface area contributed by atoms with Crippen LogP contribution in [0.15, 0.2) is 0 Å². The third-order valence-electron chi connectivity index (χ3n) is 1.58. The second-order valence-corrected chi connectivity index (χ2v) is 19.0. The lowest BCUT2D eigenvalue weighted by Gasteiger charge is -2.37. The molecule has 0 aromatic heterocycles. The zero-order valence-electron chi connectivity index (χ0n) is 12.3. The Bertz CT molecular complexity index is 252. The number of hydrogen-bond donors (Lipinski definition) is 0. The summed E-state index contributed by atoms with van der Waals surface area (Å²) in [7, 11) is -5.80. The highest BCUT2D eigenvalue weighted by Crippen LogP contribution is 2.20. The van der Waals surface area contributed by atoms with E-state index in [0.717, 1.165) is 0 Å². The van der Waals surface area contributed by atoms with Gasteiger partial charge < -0.3 is 13.0 Å². The fraction of sp³-hybridized carbons (Fsp3) is 0.900. The topological polar surface area (TPSA) is 44.8 Å². The quantitative estimate of drug-likeness (QED) is 0.558. The van der Waals surface area contributed by atoms with Gasteiger partial charge in [0.15, 0.2) is 16.6 Å². The van der Waals surface area contributed by atoms with Gasteiger partial charge in [0.05, 0.1) is 0 Å². The van der Waals surface area contributed by atoms with Crippen LogP contribution in [0, 0.1) is 0 Å². The zero-order chi connectivity index (χ0) is 13.9. The summed E-state index contributed by atoms with van der Waals surface area (Å²) in [5.74, 6) is -0.276. The van der Waals surface area contributed by atoms with Crippen molar-refractivity contribution < 1.29 is 17.8 Å². The molecule has 0 aromatic carbocycles. The molecule has 0 aliphatic rings. The highest BCUT2D eigenvalue weighted by molar-refractivity contribution is 6.87.